The second-order valence-corrected chi connectivity index (χ2v) is 6.89. The Balaban J connectivity index is 1.37. The average Bonchev–Trinajstić information content (AvgIpc) is 2.68. The third kappa shape index (κ3) is 8.61. The number of unbranched alkanes of at least 4 members (excludes halogenated alkanes) is 3. The van der Waals surface area contributed by atoms with Gasteiger partial charge in [0.2, 0.25) is 0 Å². The zero-order chi connectivity index (χ0) is 18.5. The van der Waals surface area contributed by atoms with Crippen LogP contribution in [0, 0.1) is 6.92 Å². The van der Waals surface area contributed by atoms with Gasteiger partial charge in [-0.05, 0) is 43.9 Å². The summed E-state index contributed by atoms with van der Waals surface area (Å²) in [6, 6.07) is 18.5. The molecular weight excluding hydrogens is 322 g/mol. The Labute approximate surface area is 158 Å². The van der Waals surface area contributed by atoms with Crippen LogP contribution in [0.3, 0.4) is 0 Å². The van der Waals surface area contributed by atoms with Crippen LogP contribution in [-0.2, 0) is 11.2 Å². The van der Waals surface area contributed by atoms with E-state index in [1.165, 1.54) is 24.0 Å². The van der Waals surface area contributed by atoms with Crippen molar-refractivity contribution in [2.45, 2.75) is 45.1 Å². The van der Waals surface area contributed by atoms with Gasteiger partial charge in [0.15, 0.2) is 0 Å². The molecule has 1 unspecified atom stereocenters. The molecule has 0 bridgehead atoms. The third-order valence-corrected chi connectivity index (χ3v) is 4.57. The van der Waals surface area contributed by atoms with Crippen LogP contribution >= 0.6 is 0 Å². The van der Waals surface area contributed by atoms with Gasteiger partial charge in [-0.1, -0.05) is 73.0 Å². The molecule has 3 heteroatoms. The Bertz CT molecular complexity index is 583. The van der Waals surface area contributed by atoms with Crippen molar-refractivity contribution in [3.63, 3.8) is 0 Å². The summed E-state index contributed by atoms with van der Waals surface area (Å²) in [7, 11) is 0. The van der Waals surface area contributed by atoms with Gasteiger partial charge in [-0.2, -0.15) is 0 Å². The molecule has 26 heavy (non-hydrogen) atoms. The summed E-state index contributed by atoms with van der Waals surface area (Å²) < 4.78 is 5.73. The minimum atomic E-state index is -0.418. The first-order chi connectivity index (χ1) is 12.8. The predicted molar refractivity (Wildman–Crippen MR) is 108 cm³/mol. The monoisotopic (exact) mass is 355 g/mol. The van der Waals surface area contributed by atoms with Gasteiger partial charge in [-0.15, -0.1) is 0 Å². The molecule has 0 aliphatic carbocycles. The number of rotatable bonds is 13. The molecule has 142 valence electrons. The Hall–Kier alpha value is -1.68. The Morgan fingerprint density at radius 2 is 1.62 bits per heavy atom. The van der Waals surface area contributed by atoms with Gasteiger partial charge in [-0.25, -0.2) is 0 Å². The molecule has 2 aromatic carbocycles. The minimum Gasteiger partial charge on any atom is -0.387 e. The van der Waals surface area contributed by atoms with Gasteiger partial charge < -0.3 is 15.2 Å². The molecule has 2 rings (SSSR count). The molecule has 0 heterocycles. The number of benzene rings is 2. The van der Waals surface area contributed by atoms with E-state index in [-0.39, 0.29) is 0 Å². The highest BCUT2D eigenvalue weighted by atomic mass is 16.5. The van der Waals surface area contributed by atoms with E-state index in [9.17, 15) is 5.11 Å². The molecule has 0 radical (unpaired) electrons. The number of ether oxygens (including phenoxy) is 1. The zero-order valence-electron chi connectivity index (χ0n) is 16.0. The van der Waals surface area contributed by atoms with Gasteiger partial charge in [-0.3, -0.25) is 0 Å². The van der Waals surface area contributed by atoms with Gasteiger partial charge in [0, 0.05) is 13.2 Å². The third-order valence-electron chi connectivity index (χ3n) is 4.57. The summed E-state index contributed by atoms with van der Waals surface area (Å²) in [5, 5.41) is 13.4. The highest BCUT2D eigenvalue weighted by molar-refractivity contribution is 5.21. The molecule has 2 N–H and O–H groups in total. The smallest absolute Gasteiger partial charge is 0.0914 e. The average molecular weight is 356 g/mol. The molecular formula is C23H33NO2. The van der Waals surface area contributed by atoms with Crippen molar-refractivity contribution in [2.24, 2.45) is 0 Å². The predicted octanol–water partition coefficient (Wildman–Crippen LogP) is 4.44. The fourth-order valence-corrected chi connectivity index (χ4v) is 2.89. The maximum Gasteiger partial charge on any atom is 0.0914 e. The van der Waals surface area contributed by atoms with Gasteiger partial charge >= 0.3 is 0 Å². The molecule has 0 amide bonds. The number of aryl methyl sites for hydroxylation is 1. The highest BCUT2D eigenvalue weighted by Crippen LogP contribution is 2.10. The van der Waals surface area contributed by atoms with Gasteiger partial charge in [0.25, 0.3) is 0 Å². The van der Waals surface area contributed by atoms with E-state index in [0.29, 0.717) is 6.54 Å². The summed E-state index contributed by atoms with van der Waals surface area (Å²) in [5.41, 5.74) is 3.63. The molecule has 1 atom stereocenters. The summed E-state index contributed by atoms with van der Waals surface area (Å²) >= 11 is 0. The quantitative estimate of drug-likeness (QED) is 0.522. The largest absolute Gasteiger partial charge is 0.387 e. The van der Waals surface area contributed by atoms with Crippen molar-refractivity contribution in [3.05, 3.63) is 71.3 Å². The van der Waals surface area contributed by atoms with Gasteiger partial charge in [0.05, 0.1) is 12.7 Å². The number of aliphatic hydroxyl groups excluding tert-OH is 1. The SMILES string of the molecule is Cc1ccc(CCOCCCCCCNCC(O)c2ccccc2)cc1. The summed E-state index contributed by atoms with van der Waals surface area (Å²) in [6.45, 7) is 5.35. The van der Waals surface area contributed by atoms with Crippen molar-refractivity contribution in [1.29, 1.82) is 0 Å². The number of hydrogen-bond donors (Lipinski definition) is 2. The second kappa shape index (κ2) is 12.6. The standard InChI is InChI=1S/C23H33NO2/c1-20-11-13-21(14-12-20)15-18-26-17-8-3-2-7-16-24-19-23(25)22-9-5-4-6-10-22/h4-6,9-14,23-25H,2-3,7-8,15-19H2,1H3. The first kappa shape index (κ1) is 20.6. The van der Waals surface area contributed by atoms with Crippen molar-refractivity contribution in [3.8, 4) is 0 Å². The van der Waals surface area contributed by atoms with Crippen LogP contribution in [0.25, 0.3) is 0 Å². The van der Waals surface area contributed by atoms with Crippen LogP contribution < -0.4 is 5.32 Å². The molecule has 0 saturated heterocycles. The van der Waals surface area contributed by atoms with Crippen LogP contribution in [0.5, 0.6) is 0 Å². The van der Waals surface area contributed by atoms with E-state index in [1.54, 1.807) is 0 Å². The van der Waals surface area contributed by atoms with E-state index < -0.39 is 6.10 Å². The number of nitrogens with one attached hydrogen (secondary N) is 1. The lowest BCUT2D eigenvalue weighted by atomic mass is 10.1. The second-order valence-electron chi connectivity index (χ2n) is 6.89. The molecule has 0 fully saturated rings. The van der Waals surface area contributed by atoms with E-state index in [0.717, 1.165) is 44.6 Å². The van der Waals surface area contributed by atoms with Crippen LogP contribution in [0.4, 0.5) is 0 Å². The molecule has 0 saturated carbocycles. The van der Waals surface area contributed by atoms with Crippen LogP contribution in [0.2, 0.25) is 0 Å². The van der Waals surface area contributed by atoms with E-state index in [2.05, 4.69) is 36.5 Å². The fourth-order valence-electron chi connectivity index (χ4n) is 2.89. The van der Waals surface area contributed by atoms with Gasteiger partial charge in [0.1, 0.15) is 0 Å². The molecule has 0 spiro atoms. The van der Waals surface area contributed by atoms with Crippen LogP contribution in [-0.4, -0.2) is 31.4 Å². The lowest BCUT2D eigenvalue weighted by Crippen LogP contribution is -2.22. The summed E-state index contributed by atoms with van der Waals surface area (Å²) in [5.74, 6) is 0. The van der Waals surface area contributed by atoms with E-state index in [4.69, 9.17) is 4.74 Å². The van der Waals surface area contributed by atoms with Crippen molar-refractivity contribution >= 4 is 0 Å². The lowest BCUT2D eigenvalue weighted by molar-refractivity contribution is 0.133. The molecule has 2 aromatic rings. The Morgan fingerprint density at radius 1 is 0.885 bits per heavy atom. The molecule has 0 aromatic heterocycles. The maximum absolute atomic E-state index is 10.1. The zero-order valence-corrected chi connectivity index (χ0v) is 16.0. The Kier molecular flexibility index (Phi) is 10.0. The van der Waals surface area contributed by atoms with E-state index >= 15 is 0 Å². The number of aliphatic hydroxyl groups is 1. The molecule has 0 aliphatic rings. The first-order valence-electron chi connectivity index (χ1n) is 9.83. The number of hydrogen-bond acceptors (Lipinski definition) is 3. The highest BCUT2D eigenvalue weighted by Gasteiger charge is 2.05. The van der Waals surface area contributed by atoms with Crippen LogP contribution in [0.1, 0.15) is 48.5 Å². The fraction of sp³-hybridized carbons (Fsp3) is 0.478. The van der Waals surface area contributed by atoms with E-state index in [1.807, 2.05) is 30.3 Å². The minimum absolute atomic E-state index is 0.418. The Morgan fingerprint density at radius 3 is 2.38 bits per heavy atom. The maximum atomic E-state index is 10.1. The lowest BCUT2D eigenvalue weighted by Gasteiger charge is -2.12. The topological polar surface area (TPSA) is 41.5 Å². The summed E-state index contributed by atoms with van der Waals surface area (Å²) in [6.07, 6.45) is 5.25. The van der Waals surface area contributed by atoms with Crippen molar-refractivity contribution < 1.29 is 9.84 Å². The molecule has 0 aliphatic heterocycles. The first-order valence-corrected chi connectivity index (χ1v) is 9.83. The normalized spacial score (nSPS) is 12.2. The van der Waals surface area contributed by atoms with Crippen molar-refractivity contribution in [2.75, 3.05) is 26.3 Å². The summed E-state index contributed by atoms with van der Waals surface area (Å²) in [4.78, 5) is 0. The molecule has 3 nitrogen and oxygen atoms in total. The van der Waals surface area contributed by atoms with Crippen molar-refractivity contribution in [1.82, 2.24) is 5.32 Å². The van der Waals surface area contributed by atoms with Crippen LogP contribution in [0.15, 0.2) is 54.6 Å².